The quantitative estimate of drug-likeness (QED) is 0.652. The van der Waals surface area contributed by atoms with Gasteiger partial charge in [-0.05, 0) is 49.2 Å². The van der Waals surface area contributed by atoms with Gasteiger partial charge in [-0.2, -0.15) is 0 Å². The van der Waals surface area contributed by atoms with Crippen molar-refractivity contribution in [3.8, 4) is 0 Å². The van der Waals surface area contributed by atoms with Gasteiger partial charge in [0.25, 0.3) is 5.91 Å². The predicted molar refractivity (Wildman–Crippen MR) is 107 cm³/mol. The molecule has 0 bridgehead atoms. The van der Waals surface area contributed by atoms with Crippen molar-refractivity contribution in [1.82, 2.24) is 4.98 Å². The SMILES string of the molecule is Cc1ccc(CNc2ccc(C(=O)Nc3cccc(Cl)c3C)nc2)cc1. The molecule has 2 aromatic carbocycles. The van der Waals surface area contributed by atoms with Crippen LogP contribution in [0.1, 0.15) is 27.2 Å². The monoisotopic (exact) mass is 365 g/mol. The molecule has 26 heavy (non-hydrogen) atoms. The van der Waals surface area contributed by atoms with E-state index in [1.165, 1.54) is 11.1 Å². The van der Waals surface area contributed by atoms with Gasteiger partial charge >= 0.3 is 0 Å². The first kappa shape index (κ1) is 18.0. The van der Waals surface area contributed by atoms with Crippen LogP contribution in [0, 0.1) is 13.8 Å². The maximum Gasteiger partial charge on any atom is 0.274 e. The third-order valence-electron chi connectivity index (χ3n) is 4.13. The summed E-state index contributed by atoms with van der Waals surface area (Å²) in [5.74, 6) is -0.263. The molecular formula is C21H20ClN3O. The second-order valence-corrected chi connectivity index (χ2v) is 6.54. The second kappa shape index (κ2) is 8.02. The summed E-state index contributed by atoms with van der Waals surface area (Å²) in [6, 6.07) is 17.3. The Kier molecular flexibility index (Phi) is 5.54. The van der Waals surface area contributed by atoms with Crippen LogP contribution < -0.4 is 10.6 Å². The minimum atomic E-state index is -0.263. The fourth-order valence-electron chi connectivity index (χ4n) is 2.47. The first-order chi connectivity index (χ1) is 12.5. The number of carbonyl (C=O) groups is 1. The topological polar surface area (TPSA) is 54.0 Å². The molecule has 4 nitrogen and oxygen atoms in total. The normalized spacial score (nSPS) is 10.4. The number of hydrogen-bond acceptors (Lipinski definition) is 3. The standard InChI is InChI=1S/C21H20ClN3O/c1-14-6-8-16(9-7-14)12-23-17-10-11-20(24-13-17)21(26)25-19-5-3-4-18(22)15(19)2/h3-11,13,23H,12H2,1-2H3,(H,25,26). The van der Waals surface area contributed by atoms with Gasteiger partial charge < -0.3 is 10.6 Å². The molecule has 5 heteroatoms. The number of aryl methyl sites for hydroxylation is 1. The van der Waals surface area contributed by atoms with Gasteiger partial charge in [0.15, 0.2) is 0 Å². The lowest BCUT2D eigenvalue weighted by atomic mass is 10.1. The molecule has 0 saturated carbocycles. The summed E-state index contributed by atoms with van der Waals surface area (Å²) >= 11 is 6.08. The summed E-state index contributed by atoms with van der Waals surface area (Å²) in [6.45, 7) is 4.63. The molecule has 0 atom stereocenters. The van der Waals surface area contributed by atoms with E-state index in [1.807, 2.05) is 19.1 Å². The number of carbonyl (C=O) groups excluding carboxylic acids is 1. The van der Waals surface area contributed by atoms with Gasteiger partial charge in [0.2, 0.25) is 0 Å². The lowest BCUT2D eigenvalue weighted by molar-refractivity contribution is 0.102. The molecule has 3 rings (SSSR count). The Morgan fingerprint density at radius 3 is 2.50 bits per heavy atom. The van der Waals surface area contributed by atoms with Crippen LogP contribution in [0.2, 0.25) is 5.02 Å². The number of benzene rings is 2. The Bertz CT molecular complexity index is 906. The molecule has 0 saturated heterocycles. The van der Waals surface area contributed by atoms with E-state index in [0.717, 1.165) is 11.3 Å². The van der Waals surface area contributed by atoms with Crippen LogP contribution in [0.3, 0.4) is 0 Å². The molecule has 1 amide bonds. The van der Waals surface area contributed by atoms with E-state index in [9.17, 15) is 4.79 Å². The van der Waals surface area contributed by atoms with Crippen LogP contribution in [0.4, 0.5) is 11.4 Å². The van der Waals surface area contributed by atoms with Crippen molar-refractivity contribution >= 4 is 28.9 Å². The summed E-state index contributed by atoms with van der Waals surface area (Å²) in [6.07, 6.45) is 1.66. The highest BCUT2D eigenvalue weighted by Gasteiger charge is 2.10. The first-order valence-electron chi connectivity index (χ1n) is 8.35. The minimum absolute atomic E-state index is 0.263. The van der Waals surface area contributed by atoms with E-state index < -0.39 is 0 Å². The minimum Gasteiger partial charge on any atom is -0.380 e. The summed E-state index contributed by atoms with van der Waals surface area (Å²) in [5, 5.41) is 6.76. The number of pyridine rings is 1. The molecule has 132 valence electrons. The largest absolute Gasteiger partial charge is 0.380 e. The number of aromatic nitrogens is 1. The van der Waals surface area contributed by atoms with Gasteiger partial charge in [-0.1, -0.05) is 47.5 Å². The highest BCUT2D eigenvalue weighted by molar-refractivity contribution is 6.31. The van der Waals surface area contributed by atoms with E-state index in [0.29, 0.717) is 22.9 Å². The summed E-state index contributed by atoms with van der Waals surface area (Å²) < 4.78 is 0. The molecule has 2 N–H and O–H groups in total. The zero-order valence-electron chi connectivity index (χ0n) is 14.7. The van der Waals surface area contributed by atoms with Gasteiger partial charge in [0.1, 0.15) is 5.69 Å². The molecule has 0 unspecified atom stereocenters. The lowest BCUT2D eigenvalue weighted by Gasteiger charge is -2.10. The summed E-state index contributed by atoms with van der Waals surface area (Å²) in [7, 11) is 0. The summed E-state index contributed by atoms with van der Waals surface area (Å²) in [5.41, 5.74) is 5.16. The number of halogens is 1. The number of amides is 1. The van der Waals surface area contributed by atoms with Crippen molar-refractivity contribution in [3.63, 3.8) is 0 Å². The van der Waals surface area contributed by atoms with Gasteiger partial charge in [-0.15, -0.1) is 0 Å². The Morgan fingerprint density at radius 1 is 1.04 bits per heavy atom. The van der Waals surface area contributed by atoms with Gasteiger partial charge in [0.05, 0.1) is 11.9 Å². The number of nitrogens with zero attached hydrogens (tertiary/aromatic N) is 1. The van der Waals surface area contributed by atoms with E-state index in [4.69, 9.17) is 11.6 Å². The van der Waals surface area contributed by atoms with Crippen molar-refractivity contribution in [3.05, 3.63) is 88.2 Å². The van der Waals surface area contributed by atoms with E-state index in [2.05, 4.69) is 46.8 Å². The lowest BCUT2D eigenvalue weighted by Crippen LogP contribution is -2.14. The van der Waals surface area contributed by atoms with Crippen molar-refractivity contribution in [2.45, 2.75) is 20.4 Å². The van der Waals surface area contributed by atoms with E-state index >= 15 is 0 Å². The maximum atomic E-state index is 12.4. The van der Waals surface area contributed by atoms with Crippen molar-refractivity contribution in [2.24, 2.45) is 0 Å². The second-order valence-electron chi connectivity index (χ2n) is 6.14. The van der Waals surface area contributed by atoms with Gasteiger partial charge in [-0.25, -0.2) is 4.98 Å². The Labute approximate surface area is 158 Å². The van der Waals surface area contributed by atoms with Crippen LogP contribution in [-0.4, -0.2) is 10.9 Å². The van der Waals surface area contributed by atoms with Crippen LogP contribution >= 0.6 is 11.6 Å². The average Bonchev–Trinajstić information content (AvgIpc) is 2.65. The predicted octanol–water partition coefficient (Wildman–Crippen LogP) is 5.22. The fourth-order valence-corrected chi connectivity index (χ4v) is 2.65. The number of anilines is 2. The molecular weight excluding hydrogens is 346 g/mol. The van der Waals surface area contributed by atoms with Crippen molar-refractivity contribution < 1.29 is 4.79 Å². The third-order valence-corrected chi connectivity index (χ3v) is 4.54. The van der Waals surface area contributed by atoms with E-state index in [-0.39, 0.29) is 5.91 Å². The molecule has 0 radical (unpaired) electrons. The van der Waals surface area contributed by atoms with E-state index in [1.54, 1.807) is 24.4 Å². The number of rotatable bonds is 5. The van der Waals surface area contributed by atoms with Crippen LogP contribution in [0.25, 0.3) is 0 Å². The van der Waals surface area contributed by atoms with Crippen LogP contribution in [0.5, 0.6) is 0 Å². The average molecular weight is 366 g/mol. The molecule has 0 aliphatic rings. The Balaban J connectivity index is 1.62. The fraction of sp³-hybridized carbons (Fsp3) is 0.143. The van der Waals surface area contributed by atoms with Gasteiger partial charge in [0, 0.05) is 17.3 Å². The van der Waals surface area contributed by atoms with Crippen molar-refractivity contribution in [2.75, 3.05) is 10.6 Å². The smallest absolute Gasteiger partial charge is 0.274 e. The first-order valence-corrected chi connectivity index (χ1v) is 8.72. The highest BCUT2D eigenvalue weighted by atomic mass is 35.5. The Hall–Kier alpha value is -2.85. The van der Waals surface area contributed by atoms with Crippen LogP contribution in [-0.2, 0) is 6.54 Å². The number of hydrogen-bond donors (Lipinski definition) is 2. The molecule has 0 aliphatic heterocycles. The molecule has 0 spiro atoms. The molecule has 0 aliphatic carbocycles. The molecule has 0 fully saturated rings. The zero-order valence-corrected chi connectivity index (χ0v) is 15.5. The highest BCUT2D eigenvalue weighted by Crippen LogP contribution is 2.23. The molecule has 1 heterocycles. The maximum absolute atomic E-state index is 12.4. The number of nitrogens with one attached hydrogen (secondary N) is 2. The zero-order chi connectivity index (χ0) is 18.5. The summed E-state index contributed by atoms with van der Waals surface area (Å²) in [4.78, 5) is 16.6. The van der Waals surface area contributed by atoms with Crippen LogP contribution in [0.15, 0.2) is 60.8 Å². The van der Waals surface area contributed by atoms with Gasteiger partial charge in [-0.3, -0.25) is 4.79 Å². The van der Waals surface area contributed by atoms with Crippen molar-refractivity contribution in [1.29, 1.82) is 0 Å². The molecule has 1 aromatic heterocycles. The molecule has 3 aromatic rings. The third kappa shape index (κ3) is 4.41. The Morgan fingerprint density at radius 2 is 1.81 bits per heavy atom.